The summed E-state index contributed by atoms with van der Waals surface area (Å²) in [6, 6.07) is 2.57. The monoisotopic (exact) mass is 621 g/mol. The van der Waals surface area contributed by atoms with Crippen LogP contribution in [-0.4, -0.2) is 102 Å². The maximum atomic E-state index is 13.7. The Balaban J connectivity index is 1.45. The number of fused-ring (bicyclic) bond motifs is 1. The van der Waals surface area contributed by atoms with Gasteiger partial charge in [-0.15, -0.1) is 0 Å². The van der Waals surface area contributed by atoms with E-state index in [4.69, 9.17) is 15.2 Å². The average Bonchev–Trinajstić information content (AvgIpc) is 3.34. The van der Waals surface area contributed by atoms with Crippen molar-refractivity contribution in [3.05, 3.63) is 42.4 Å². The van der Waals surface area contributed by atoms with Gasteiger partial charge in [0.2, 0.25) is 11.8 Å². The van der Waals surface area contributed by atoms with Crippen LogP contribution < -0.4 is 16.4 Å². The lowest BCUT2D eigenvalue weighted by Crippen LogP contribution is -2.58. The third kappa shape index (κ3) is 8.36. The number of ether oxygens (including phenoxy) is 2. The highest BCUT2D eigenvalue weighted by molar-refractivity contribution is 5.93. The van der Waals surface area contributed by atoms with Gasteiger partial charge in [-0.2, -0.15) is 13.2 Å². The summed E-state index contributed by atoms with van der Waals surface area (Å²) in [5.74, 6) is -0.336. The molecule has 2 aromatic rings. The summed E-state index contributed by atoms with van der Waals surface area (Å²) in [6.07, 6.45) is 2.03. The van der Waals surface area contributed by atoms with E-state index in [0.717, 1.165) is 18.6 Å². The number of nitrogens with two attached hydrogens (primary N) is 1. The number of rotatable bonds is 13. The lowest BCUT2D eigenvalue weighted by atomic mass is 9.84. The first-order valence-electron chi connectivity index (χ1n) is 15.0. The summed E-state index contributed by atoms with van der Waals surface area (Å²) in [4.78, 5) is 38.9. The number of alkyl halides is 3. The summed E-state index contributed by atoms with van der Waals surface area (Å²) in [7, 11) is 2.06. The van der Waals surface area contributed by atoms with Crippen molar-refractivity contribution in [2.24, 2.45) is 5.73 Å². The number of benzene rings is 1. The second kappa shape index (κ2) is 15.0. The topological polar surface area (TPSA) is 135 Å². The molecule has 1 aromatic heterocycles. The van der Waals surface area contributed by atoms with Crippen molar-refractivity contribution >= 4 is 28.5 Å². The molecule has 4 rings (SSSR count). The molecule has 11 nitrogen and oxygen atoms in total. The molecule has 1 aromatic carbocycles. The van der Waals surface area contributed by atoms with Crippen molar-refractivity contribution in [3.8, 4) is 0 Å². The lowest BCUT2D eigenvalue weighted by molar-refractivity contribution is -0.137. The number of carbonyl (C=O) groups is 2. The van der Waals surface area contributed by atoms with Crippen LogP contribution in [-0.2, 0) is 25.2 Å². The maximum Gasteiger partial charge on any atom is 0.416 e. The second-order valence-corrected chi connectivity index (χ2v) is 11.5. The molecule has 44 heavy (non-hydrogen) atoms. The second-order valence-electron chi connectivity index (χ2n) is 11.5. The van der Waals surface area contributed by atoms with Crippen LogP contribution in [0.15, 0.2) is 36.9 Å². The van der Waals surface area contributed by atoms with Gasteiger partial charge in [-0.25, -0.2) is 9.97 Å². The third-order valence-corrected chi connectivity index (χ3v) is 8.34. The van der Waals surface area contributed by atoms with E-state index in [1.165, 1.54) is 24.7 Å². The largest absolute Gasteiger partial charge is 0.499 e. The van der Waals surface area contributed by atoms with E-state index in [1.807, 2.05) is 0 Å². The van der Waals surface area contributed by atoms with Crippen molar-refractivity contribution in [2.45, 2.75) is 75.9 Å². The molecule has 0 unspecified atom stereocenters. The molecular formula is C30H42F3N7O4. The molecular weight excluding hydrogens is 579 g/mol. The zero-order valence-corrected chi connectivity index (χ0v) is 25.3. The van der Waals surface area contributed by atoms with Crippen LogP contribution in [0.2, 0.25) is 0 Å². The van der Waals surface area contributed by atoms with E-state index < -0.39 is 17.8 Å². The third-order valence-electron chi connectivity index (χ3n) is 8.34. The van der Waals surface area contributed by atoms with E-state index in [-0.39, 0.29) is 47.8 Å². The SMILES string of the molecule is CC(C)N(C)[C@@H]1CC[C@H](N2CC[C@H](Nc3ncnc4ccc(C(F)(F)F)cc34)C2=O)[C@H](NC(=O)C=COCCOCCN)C1. The zero-order chi connectivity index (χ0) is 31.9. The molecule has 2 aliphatic rings. The predicted molar refractivity (Wildman–Crippen MR) is 160 cm³/mol. The van der Waals surface area contributed by atoms with Gasteiger partial charge in [0, 0.05) is 36.6 Å². The maximum absolute atomic E-state index is 13.7. The first-order chi connectivity index (χ1) is 21.0. The van der Waals surface area contributed by atoms with Crippen LogP contribution in [0.3, 0.4) is 0 Å². The zero-order valence-electron chi connectivity index (χ0n) is 25.3. The summed E-state index contributed by atoms with van der Waals surface area (Å²) < 4.78 is 50.8. The number of likely N-dealkylation sites (tertiary alicyclic amines) is 1. The summed E-state index contributed by atoms with van der Waals surface area (Å²) in [5, 5.41) is 6.36. The smallest absolute Gasteiger partial charge is 0.416 e. The molecule has 2 amide bonds. The summed E-state index contributed by atoms with van der Waals surface area (Å²) >= 11 is 0. The number of carbonyl (C=O) groups excluding carboxylic acids is 2. The Hall–Kier alpha value is -3.49. The van der Waals surface area contributed by atoms with Gasteiger partial charge < -0.3 is 35.6 Å². The van der Waals surface area contributed by atoms with Crippen molar-refractivity contribution in [3.63, 3.8) is 0 Å². The lowest BCUT2D eigenvalue weighted by Gasteiger charge is -2.44. The van der Waals surface area contributed by atoms with Crippen LogP contribution in [0.4, 0.5) is 19.0 Å². The van der Waals surface area contributed by atoms with Crippen LogP contribution in [0.25, 0.3) is 10.9 Å². The van der Waals surface area contributed by atoms with Crippen LogP contribution >= 0.6 is 0 Å². The highest BCUT2D eigenvalue weighted by atomic mass is 19.4. The number of aromatic nitrogens is 2. The highest BCUT2D eigenvalue weighted by Gasteiger charge is 2.43. The fourth-order valence-corrected chi connectivity index (χ4v) is 5.83. The number of hydrogen-bond acceptors (Lipinski definition) is 9. The first-order valence-corrected chi connectivity index (χ1v) is 15.0. The molecule has 2 fully saturated rings. The Labute approximate surface area is 255 Å². The van der Waals surface area contributed by atoms with E-state index in [1.54, 1.807) is 4.90 Å². The number of halogens is 3. The van der Waals surface area contributed by atoms with Crippen molar-refractivity contribution < 1.29 is 32.2 Å². The van der Waals surface area contributed by atoms with Gasteiger partial charge in [-0.1, -0.05) is 0 Å². The van der Waals surface area contributed by atoms with Crippen LogP contribution in [0, 0.1) is 0 Å². The molecule has 4 atom stereocenters. The molecule has 1 aliphatic carbocycles. The highest BCUT2D eigenvalue weighted by Crippen LogP contribution is 2.34. The molecule has 242 valence electrons. The normalized spacial score (nSPS) is 22.8. The Morgan fingerprint density at radius 2 is 2.00 bits per heavy atom. The fourth-order valence-electron chi connectivity index (χ4n) is 5.83. The minimum atomic E-state index is -4.52. The Morgan fingerprint density at radius 1 is 1.20 bits per heavy atom. The van der Waals surface area contributed by atoms with Gasteiger partial charge in [0.05, 0.1) is 42.6 Å². The molecule has 0 radical (unpaired) electrons. The van der Waals surface area contributed by atoms with E-state index in [0.29, 0.717) is 57.1 Å². The average molecular weight is 622 g/mol. The number of nitrogens with one attached hydrogen (secondary N) is 2. The summed E-state index contributed by atoms with van der Waals surface area (Å²) in [6.45, 7) is 6.17. The molecule has 4 N–H and O–H groups in total. The number of anilines is 1. The van der Waals surface area contributed by atoms with E-state index in [9.17, 15) is 22.8 Å². The molecule has 1 saturated heterocycles. The van der Waals surface area contributed by atoms with Crippen molar-refractivity contribution in [1.29, 1.82) is 0 Å². The molecule has 1 saturated carbocycles. The number of amides is 2. The van der Waals surface area contributed by atoms with Crippen molar-refractivity contribution in [2.75, 3.05) is 45.3 Å². The van der Waals surface area contributed by atoms with Crippen molar-refractivity contribution in [1.82, 2.24) is 25.1 Å². The van der Waals surface area contributed by atoms with Gasteiger partial charge in [-0.3, -0.25) is 9.59 Å². The standard InChI is InChI=1S/C30H42F3N7O4/c1-19(2)39(3)21-5-7-26(25(17-21)37-27(41)9-12-43-14-15-44-13-10-34)40-11-8-24(29(40)42)38-28-22-16-20(30(31,32)33)4-6-23(22)35-18-36-28/h4,6,9,12,16,18-19,21,24-26H,5,7-8,10-11,13-15,17,34H2,1-3H3,(H,37,41)(H,35,36,38)/t21-,24+,25-,26+/m1/s1. The van der Waals surface area contributed by atoms with Crippen LogP contribution in [0.1, 0.15) is 45.1 Å². The Bertz CT molecular complexity index is 1310. The molecule has 0 bridgehead atoms. The van der Waals surface area contributed by atoms with Gasteiger partial charge in [-0.05, 0) is 64.8 Å². The number of hydrogen-bond donors (Lipinski definition) is 3. The number of nitrogens with zero attached hydrogens (tertiary/aromatic N) is 4. The van der Waals surface area contributed by atoms with Gasteiger partial charge in [0.15, 0.2) is 0 Å². The van der Waals surface area contributed by atoms with E-state index in [2.05, 4.69) is 46.4 Å². The van der Waals surface area contributed by atoms with Gasteiger partial charge in [0.1, 0.15) is 24.8 Å². The van der Waals surface area contributed by atoms with E-state index >= 15 is 0 Å². The summed E-state index contributed by atoms with van der Waals surface area (Å²) in [5.41, 5.74) is 4.91. The molecule has 14 heteroatoms. The predicted octanol–water partition coefficient (Wildman–Crippen LogP) is 2.91. The van der Waals surface area contributed by atoms with Gasteiger partial charge in [0.25, 0.3) is 0 Å². The van der Waals surface area contributed by atoms with Crippen LogP contribution in [0.5, 0.6) is 0 Å². The van der Waals surface area contributed by atoms with Gasteiger partial charge >= 0.3 is 6.18 Å². The Morgan fingerprint density at radius 3 is 2.73 bits per heavy atom. The quantitative estimate of drug-likeness (QED) is 0.175. The molecule has 2 heterocycles. The molecule has 0 spiro atoms. The molecule has 1 aliphatic heterocycles. The Kier molecular flexibility index (Phi) is 11.4. The fraction of sp³-hybridized carbons (Fsp3) is 0.600. The first kappa shape index (κ1) is 33.4. The minimum Gasteiger partial charge on any atom is -0.499 e. The minimum absolute atomic E-state index is 0.173.